The first kappa shape index (κ1) is 16.3. The van der Waals surface area contributed by atoms with Crippen LogP contribution in [-0.2, 0) is 4.79 Å². The minimum absolute atomic E-state index is 0.422. The highest BCUT2D eigenvalue weighted by Crippen LogP contribution is 2.29. The molecule has 0 saturated heterocycles. The van der Waals surface area contributed by atoms with E-state index in [-0.39, 0.29) is 0 Å². The molecule has 0 aliphatic rings. The first-order chi connectivity index (χ1) is 10.5. The molecule has 0 bridgehead atoms. The maximum absolute atomic E-state index is 11.9. The summed E-state index contributed by atoms with van der Waals surface area (Å²) in [6.07, 6.45) is -1.19. The van der Waals surface area contributed by atoms with Crippen LogP contribution in [0.4, 0.5) is 5.69 Å². The van der Waals surface area contributed by atoms with E-state index >= 15 is 0 Å². The molecule has 2 atom stereocenters. The molecule has 0 saturated carbocycles. The average molecular weight is 319 g/mol. The molecule has 0 aliphatic carbocycles. The highest BCUT2D eigenvalue weighted by atomic mass is 35.5. The molecule has 116 valence electrons. The quantitative estimate of drug-likeness (QED) is 0.891. The fraction of sp³-hybridized carbons (Fsp3) is 0.235. The van der Waals surface area contributed by atoms with E-state index in [1.165, 1.54) is 7.05 Å². The summed E-state index contributed by atoms with van der Waals surface area (Å²) >= 11 is 5.92. The summed E-state index contributed by atoms with van der Waals surface area (Å²) in [5.41, 5.74) is 1.72. The van der Waals surface area contributed by atoms with Crippen molar-refractivity contribution in [1.82, 2.24) is 5.32 Å². The number of amides is 1. The lowest BCUT2D eigenvalue weighted by Crippen LogP contribution is -2.43. The number of halogens is 1. The Labute approximate surface area is 135 Å². The van der Waals surface area contributed by atoms with E-state index in [1.807, 2.05) is 54.4 Å². The highest BCUT2D eigenvalue weighted by molar-refractivity contribution is 6.30. The highest BCUT2D eigenvalue weighted by Gasteiger charge is 2.30. The van der Waals surface area contributed by atoms with Crippen LogP contribution in [0.3, 0.4) is 0 Å². The molecule has 2 rings (SSSR count). The van der Waals surface area contributed by atoms with Gasteiger partial charge in [0.05, 0.1) is 6.04 Å². The zero-order chi connectivity index (χ0) is 16.1. The van der Waals surface area contributed by atoms with Gasteiger partial charge in [-0.2, -0.15) is 0 Å². The van der Waals surface area contributed by atoms with Crippen molar-refractivity contribution in [2.75, 3.05) is 19.0 Å². The number of hydrogen-bond acceptors (Lipinski definition) is 3. The van der Waals surface area contributed by atoms with Crippen LogP contribution in [-0.4, -0.2) is 31.2 Å². The SMILES string of the molecule is CNC(=O)C(O)C(c1ccccc1)N(C)c1ccc(Cl)cc1. The Morgan fingerprint density at radius 2 is 1.73 bits per heavy atom. The van der Waals surface area contributed by atoms with E-state index in [2.05, 4.69) is 5.32 Å². The van der Waals surface area contributed by atoms with Crippen molar-refractivity contribution in [1.29, 1.82) is 0 Å². The minimum atomic E-state index is -1.19. The van der Waals surface area contributed by atoms with Crippen LogP contribution in [0.1, 0.15) is 11.6 Å². The summed E-state index contributed by atoms with van der Waals surface area (Å²) < 4.78 is 0. The van der Waals surface area contributed by atoms with E-state index in [0.717, 1.165) is 11.3 Å². The number of nitrogens with zero attached hydrogens (tertiary/aromatic N) is 1. The van der Waals surface area contributed by atoms with Crippen molar-refractivity contribution in [3.05, 3.63) is 65.2 Å². The van der Waals surface area contributed by atoms with Crippen LogP contribution in [0.25, 0.3) is 0 Å². The third-order valence-corrected chi connectivity index (χ3v) is 3.86. The molecule has 2 N–H and O–H groups in total. The number of carbonyl (C=O) groups excluding carboxylic acids is 1. The molecular weight excluding hydrogens is 300 g/mol. The Bertz CT molecular complexity index is 616. The first-order valence-electron chi connectivity index (χ1n) is 6.97. The van der Waals surface area contributed by atoms with Crippen molar-refractivity contribution >= 4 is 23.2 Å². The second-order valence-corrected chi connectivity index (χ2v) is 5.44. The Morgan fingerprint density at radius 3 is 2.27 bits per heavy atom. The molecule has 0 aliphatic heterocycles. The molecule has 22 heavy (non-hydrogen) atoms. The second kappa shape index (κ2) is 7.29. The predicted octanol–water partition coefficient (Wildman–Crippen LogP) is 2.62. The molecule has 0 radical (unpaired) electrons. The number of carbonyl (C=O) groups is 1. The molecule has 4 nitrogen and oxygen atoms in total. The van der Waals surface area contributed by atoms with Gasteiger partial charge in [-0.05, 0) is 29.8 Å². The van der Waals surface area contributed by atoms with Gasteiger partial charge in [0.15, 0.2) is 6.10 Å². The van der Waals surface area contributed by atoms with Crippen molar-refractivity contribution in [3.8, 4) is 0 Å². The summed E-state index contributed by atoms with van der Waals surface area (Å²) in [4.78, 5) is 13.8. The Hall–Kier alpha value is -2.04. The van der Waals surface area contributed by atoms with Crippen LogP contribution < -0.4 is 10.2 Å². The smallest absolute Gasteiger partial charge is 0.251 e. The van der Waals surface area contributed by atoms with E-state index in [1.54, 1.807) is 12.1 Å². The maximum atomic E-state index is 11.9. The van der Waals surface area contributed by atoms with E-state index in [0.29, 0.717) is 5.02 Å². The third-order valence-electron chi connectivity index (χ3n) is 3.61. The van der Waals surface area contributed by atoms with Crippen LogP contribution >= 0.6 is 11.6 Å². The number of rotatable bonds is 5. The predicted molar refractivity (Wildman–Crippen MR) is 89.1 cm³/mol. The van der Waals surface area contributed by atoms with Crippen LogP contribution in [0.15, 0.2) is 54.6 Å². The molecule has 0 fully saturated rings. The second-order valence-electron chi connectivity index (χ2n) is 5.00. The Kier molecular flexibility index (Phi) is 5.41. The van der Waals surface area contributed by atoms with Crippen LogP contribution in [0, 0.1) is 0 Å². The van der Waals surface area contributed by atoms with Gasteiger partial charge in [0.2, 0.25) is 0 Å². The van der Waals surface area contributed by atoms with Crippen molar-refractivity contribution in [2.45, 2.75) is 12.1 Å². The molecule has 1 amide bonds. The monoisotopic (exact) mass is 318 g/mol. The number of anilines is 1. The Morgan fingerprint density at radius 1 is 1.14 bits per heavy atom. The number of likely N-dealkylation sites (N-methyl/N-ethyl adjacent to an activating group) is 2. The van der Waals surface area contributed by atoms with Gasteiger partial charge in [-0.15, -0.1) is 0 Å². The van der Waals surface area contributed by atoms with Gasteiger partial charge in [-0.3, -0.25) is 4.79 Å². The molecule has 0 spiro atoms. The van der Waals surface area contributed by atoms with Crippen molar-refractivity contribution < 1.29 is 9.90 Å². The number of hydrogen-bond donors (Lipinski definition) is 2. The lowest BCUT2D eigenvalue weighted by Gasteiger charge is -2.33. The third kappa shape index (κ3) is 3.59. The molecular formula is C17H19ClN2O2. The van der Waals surface area contributed by atoms with Crippen LogP contribution in [0.2, 0.25) is 5.02 Å². The topological polar surface area (TPSA) is 52.6 Å². The first-order valence-corrected chi connectivity index (χ1v) is 7.35. The standard InChI is InChI=1S/C17H19ClN2O2/c1-19-17(22)16(21)15(12-6-4-3-5-7-12)20(2)14-10-8-13(18)9-11-14/h3-11,15-16,21H,1-2H3,(H,19,22). The molecule has 2 aromatic carbocycles. The molecule has 0 aromatic heterocycles. The fourth-order valence-corrected chi connectivity index (χ4v) is 2.52. The number of nitrogens with one attached hydrogen (secondary N) is 1. The number of aliphatic hydroxyl groups is 1. The molecule has 2 aromatic rings. The molecule has 2 unspecified atom stereocenters. The summed E-state index contributed by atoms with van der Waals surface area (Å²) in [5, 5.41) is 13.6. The van der Waals surface area contributed by atoms with E-state index in [9.17, 15) is 9.90 Å². The largest absolute Gasteiger partial charge is 0.381 e. The molecule has 5 heteroatoms. The molecule has 0 heterocycles. The van der Waals surface area contributed by atoms with Gasteiger partial charge in [0.25, 0.3) is 5.91 Å². The summed E-state index contributed by atoms with van der Waals surface area (Å²) in [6, 6.07) is 16.2. The zero-order valence-corrected chi connectivity index (χ0v) is 13.3. The Balaban J connectivity index is 2.39. The summed E-state index contributed by atoms with van der Waals surface area (Å²) in [5.74, 6) is -0.422. The van der Waals surface area contributed by atoms with Gasteiger partial charge >= 0.3 is 0 Å². The average Bonchev–Trinajstić information content (AvgIpc) is 2.55. The number of benzene rings is 2. The van der Waals surface area contributed by atoms with Crippen LogP contribution in [0.5, 0.6) is 0 Å². The van der Waals surface area contributed by atoms with Gasteiger partial charge in [-0.25, -0.2) is 0 Å². The van der Waals surface area contributed by atoms with Gasteiger partial charge in [0, 0.05) is 24.8 Å². The summed E-state index contributed by atoms with van der Waals surface area (Å²) in [6.45, 7) is 0. The van der Waals surface area contributed by atoms with Crippen molar-refractivity contribution in [3.63, 3.8) is 0 Å². The fourth-order valence-electron chi connectivity index (χ4n) is 2.40. The van der Waals surface area contributed by atoms with Gasteiger partial charge in [0.1, 0.15) is 0 Å². The van der Waals surface area contributed by atoms with Gasteiger partial charge < -0.3 is 15.3 Å². The van der Waals surface area contributed by atoms with Crippen molar-refractivity contribution in [2.24, 2.45) is 0 Å². The number of aliphatic hydroxyl groups excluding tert-OH is 1. The van der Waals surface area contributed by atoms with Gasteiger partial charge in [-0.1, -0.05) is 41.9 Å². The summed E-state index contributed by atoms with van der Waals surface area (Å²) in [7, 11) is 3.35. The lowest BCUT2D eigenvalue weighted by molar-refractivity contribution is -0.129. The minimum Gasteiger partial charge on any atom is -0.381 e. The lowest BCUT2D eigenvalue weighted by atomic mass is 9.98. The maximum Gasteiger partial charge on any atom is 0.251 e. The van der Waals surface area contributed by atoms with E-state index in [4.69, 9.17) is 11.6 Å². The van der Waals surface area contributed by atoms with E-state index < -0.39 is 18.1 Å². The normalized spacial score (nSPS) is 13.3. The zero-order valence-electron chi connectivity index (χ0n) is 12.5.